The monoisotopic (exact) mass is 254 g/mol. The van der Waals surface area contributed by atoms with E-state index in [1.54, 1.807) is 0 Å². The van der Waals surface area contributed by atoms with Crippen molar-refractivity contribution in [3.05, 3.63) is 0 Å². The Labute approximate surface area is 78.9 Å². The summed E-state index contributed by atoms with van der Waals surface area (Å²) in [5, 5.41) is 0. The van der Waals surface area contributed by atoms with Gasteiger partial charge in [0.2, 0.25) is 0 Å². The van der Waals surface area contributed by atoms with Crippen LogP contribution in [0.2, 0.25) is 0 Å². The first-order valence-corrected chi connectivity index (χ1v) is 5.45. The van der Waals surface area contributed by atoms with Gasteiger partial charge in [-0.1, -0.05) is 56.2 Å². The van der Waals surface area contributed by atoms with E-state index in [0.29, 0.717) is 3.42 Å². The number of rotatable bonds is 5. The van der Waals surface area contributed by atoms with E-state index in [0.717, 1.165) is 0 Å². The molecule has 0 aliphatic rings. The second-order valence-corrected chi connectivity index (χ2v) is 5.29. The Morgan fingerprint density at radius 2 is 1.40 bits per heavy atom. The van der Waals surface area contributed by atoms with Crippen LogP contribution in [0.15, 0.2) is 0 Å². The van der Waals surface area contributed by atoms with Gasteiger partial charge in [-0.25, -0.2) is 0 Å². The van der Waals surface area contributed by atoms with Crippen molar-refractivity contribution in [3.63, 3.8) is 0 Å². The molecule has 0 rings (SSSR count). The summed E-state index contributed by atoms with van der Waals surface area (Å²) in [4.78, 5) is 0. The third-order valence-electron chi connectivity index (χ3n) is 2.03. The molecule has 10 heavy (non-hydrogen) atoms. The molecule has 0 aliphatic heterocycles. The van der Waals surface area contributed by atoms with Crippen LogP contribution in [-0.2, 0) is 0 Å². The highest BCUT2D eigenvalue weighted by Crippen LogP contribution is 2.33. The highest BCUT2D eigenvalue weighted by molar-refractivity contribution is 14.1. The third-order valence-corrected chi connectivity index (χ3v) is 3.87. The molecule has 0 N–H and O–H groups in total. The van der Waals surface area contributed by atoms with Crippen molar-refractivity contribution in [3.8, 4) is 0 Å². The summed E-state index contributed by atoms with van der Waals surface area (Å²) in [6.07, 6.45) is 6.76. The molecular weight excluding hydrogens is 235 g/mol. The molecule has 0 nitrogen and oxygen atoms in total. The van der Waals surface area contributed by atoms with Crippen LogP contribution >= 0.6 is 22.6 Å². The van der Waals surface area contributed by atoms with E-state index in [1.807, 2.05) is 0 Å². The van der Waals surface area contributed by atoms with Gasteiger partial charge in [0, 0.05) is 3.42 Å². The minimum Gasteiger partial charge on any atom is -0.0789 e. The van der Waals surface area contributed by atoms with Gasteiger partial charge in [0.05, 0.1) is 0 Å². The van der Waals surface area contributed by atoms with Crippen molar-refractivity contribution in [2.24, 2.45) is 0 Å². The Morgan fingerprint density at radius 3 is 1.60 bits per heavy atom. The molecule has 0 aromatic carbocycles. The van der Waals surface area contributed by atoms with Gasteiger partial charge in [-0.15, -0.1) is 0 Å². The summed E-state index contributed by atoms with van der Waals surface area (Å²) in [5.74, 6) is 0. The molecule has 0 bridgehead atoms. The first-order chi connectivity index (χ1) is 4.68. The summed E-state index contributed by atoms with van der Waals surface area (Å²) >= 11 is 2.64. The van der Waals surface area contributed by atoms with Crippen molar-refractivity contribution in [2.45, 2.75) is 56.3 Å². The quantitative estimate of drug-likeness (QED) is 0.510. The van der Waals surface area contributed by atoms with Crippen LogP contribution in [-0.4, -0.2) is 3.42 Å². The Kier molecular flexibility index (Phi) is 5.78. The van der Waals surface area contributed by atoms with Gasteiger partial charge in [-0.2, -0.15) is 0 Å². The standard InChI is InChI=1S/C9H19I/c1-4-7-9(10,6-3)8-5-2/h4-8H2,1-3H3. The van der Waals surface area contributed by atoms with Crippen molar-refractivity contribution >= 4 is 22.6 Å². The summed E-state index contributed by atoms with van der Waals surface area (Å²) in [5.41, 5.74) is 0. The zero-order valence-electron chi connectivity index (χ0n) is 7.41. The van der Waals surface area contributed by atoms with Crippen LogP contribution in [0, 0.1) is 0 Å². The lowest BCUT2D eigenvalue weighted by molar-refractivity contribution is 0.500. The van der Waals surface area contributed by atoms with E-state index in [4.69, 9.17) is 0 Å². The molecule has 0 atom stereocenters. The third kappa shape index (κ3) is 3.79. The van der Waals surface area contributed by atoms with Gasteiger partial charge < -0.3 is 0 Å². The fourth-order valence-corrected chi connectivity index (χ4v) is 2.45. The highest BCUT2D eigenvalue weighted by atomic mass is 127. The minimum atomic E-state index is 0.612. The fraction of sp³-hybridized carbons (Fsp3) is 1.00. The van der Waals surface area contributed by atoms with Crippen LogP contribution in [0.25, 0.3) is 0 Å². The van der Waals surface area contributed by atoms with Crippen LogP contribution in [0.5, 0.6) is 0 Å². The normalized spacial score (nSPS) is 12.0. The van der Waals surface area contributed by atoms with Crippen LogP contribution in [0.3, 0.4) is 0 Å². The van der Waals surface area contributed by atoms with Crippen molar-refractivity contribution in [1.29, 1.82) is 0 Å². The zero-order chi connectivity index (χ0) is 8.04. The lowest BCUT2D eigenvalue weighted by Crippen LogP contribution is -2.18. The van der Waals surface area contributed by atoms with Crippen LogP contribution in [0.1, 0.15) is 52.9 Å². The highest BCUT2D eigenvalue weighted by Gasteiger charge is 2.21. The molecule has 0 spiro atoms. The van der Waals surface area contributed by atoms with E-state index in [1.165, 1.54) is 32.1 Å². The maximum absolute atomic E-state index is 2.64. The van der Waals surface area contributed by atoms with Gasteiger partial charge in [-0.05, 0) is 19.3 Å². The van der Waals surface area contributed by atoms with Gasteiger partial charge >= 0.3 is 0 Å². The lowest BCUT2D eigenvalue weighted by Gasteiger charge is -2.24. The summed E-state index contributed by atoms with van der Waals surface area (Å²) in [7, 11) is 0. The number of alkyl halides is 1. The van der Waals surface area contributed by atoms with E-state index in [9.17, 15) is 0 Å². The second-order valence-electron chi connectivity index (χ2n) is 3.00. The summed E-state index contributed by atoms with van der Waals surface area (Å²) in [6.45, 7) is 6.86. The topological polar surface area (TPSA) is 0 Å². The van der Waals surface area contributed by atoms with Crippen LogP contribution in [0.4, 0.5) is 0 Å². The second kappa shape index (κ2) is 5.39. The van der Waals surface area contributed by atoms with Gasteiger partial charge in [0.1, 0.15) is 0 Å². The Balaban J connectivity index is 3.69. The maximum atomic E-state index is 2.64. The molecule has 0 saturated heterocycles. The molecule has 0 saturated carbocycles. The van der Waals surface area contributed by atoms with Gasteiger partial charge in [0.25, 0.3) is 0 Å². The van der Waals surface area contributed by atoms with E-state index in [2.05, 4.69) is 43.4 Å². The lowest BCUT2D eigenvalue weighted by atomic mass is 9.96. The maximum Gasteiger partial charge on any atom is 0.0219 e. The number of hydrogen-bond donors (Lipinski definition) is 0. The molecule has 0 aromatic heterocycles. The molecule has 0 heterocycles. The number of halogens is 1. The number of hydrogen-bond acceptors (Lipinski definition) is 0. The molecular formula is C9H19I. The first kappa shape index (κ1) is 10.7. The van der Waals surface area contributed by atoms with Crippen LogP contribution < -0.4 is 0 Å². The van der Waals surface area contributed by atoms with Crippen molar-refractivity contribution < 1.29 is 0 Å². The molecule has 62 valence electrons. The predicted molar refractivity (Wildman–Crippen MR) is 56.9 cm³/mol. The predicted octanol–water partition coefficient (Wildman–Crippen LogP) is 4.17. The van der Waals surface area contributed by atoms with E-state index in [-0.39, 0.29) is 0 Å². The van der Waals surface area contributed by atoms with E-state index >= 15 is 0 Å². The Bertz CT molecular complexity index is 72.8. The zero-order valence-corrected chi connectivity index (χ0v) is 9.57. The SMILES string of the molecule is CCCC(I)(CC)CCC. The summed E-state index contributed by atoms with van der Waals surface area (Å²) < 4.78 is 0.612. The average Bonchev–Trinajstić information content (AvgIpc) is 1.89. The fourth-order valence-electron chi connectivity index (χ4n) is 1.37. The molecule has 0 radical (unpaired) electrons. The summed E-state index contributed by atoms with van der Waals surface area (Å²) in [6, 6.07) is 0. The molecule has 1 heteroatoms. The minimum absolute atomic E-state index is 0.612. The van der Waals surface area contributed by atoms with Gasteiger partial charge in [-0.3, -0.25) is 0 Å². The van der Waals surface area contributed by atoms with Gasteiger partial charge in [0.15, 0.2) is 0 Å². The average molecular weight is 254 g/mol. The Morgan fingerprint density at radius 1 is 1.00 bits per heavy atom. The molecule has 0 aromatic rings. The molecule has 0 fully saturated rings. The molecule has 0 unspecified atom stereocenters. The van der Waals surface area contributed by atoms with E-state index < -0.39 is 0 Å². The molecule has 0 amide bonds. The van der Waals surface area contributed by atoms with Crippen molar-refractivity contribution in [1.82, 2.24) is 0 Å². The largest absolute Gasteiger partial charge is 0.0789 e. The van der Waals surface area contributed by atoms with Crippen molar-refractivity contribution in [2.75, 3.05) is 0 Å². The smallest absolute Gasteiger partial charge is 0.0219 e. The first-order valence-electron chi connectivity index (χ1n) is 4.37. The molecule has 0 aliphatic carbocycles. The Hall–Kier alpha value is 0.730.